The van der Waals surface area contributed by atoms with E-state index in [0.29, 0.717) is 6.29 Å². The van der Waals surface area contributed by atoms with Crippen molar-refractivity contribution < 1.29 is 14.8 Å². The first-order valence-corrected chi connectivity index (χ1v) is 3.07. The molecule has 0 heterocycles. The average Bonchev–Trinajstić information content (AvgIpc) is 2.05. The number of aromatic hydroxyl groups is 1. The Labute approximate surface area is 93.7 Å². The zero-order valence-electron chi connectivity index (χ0n) is 6.43. The summed E-state index contributed by atoms with van der Waals surface area (Å²) in [5, 5.41) is 19.2. The molecule has 1 aromatic carbocycles. The SMILES string of the molecule is O=Cc1cc([N+](=O)[O-])ccc1O.[Pb]. The fraction of sp³-hybridized carbons (Fsp3) is 0. The van der Waals surface area contributed by atoms with Crippen molar-refractivity contribution >= 4 is 39.3 Å². The fourth-order valence-electron chi connectivity index (χ4n) is 0.750. The topological polar surface area (TPSA) is 80.4 Å². The molecule has 0 bridgehead atoms. The van der Waals surface area contributed by atoms with Gasteiger partial charge in [0.1, 0.15) is 5.75 Å². The number of nitro benzene ring substituents is 1. The molecule has 0 aromatic heterocycles. The molecule has 1 N–H and O–H groups in total. The van der Waals surface area contributed by atoms with E-state index in [9.17, 15) is 14.9 Å². The van der Waals surface area contributed by atoms with Gasteiger partial charge in [-0.25, -0.2) is 0 Å². The predicted molar refractivity (Wildman–Crippen MR) is 45.9 cm³/mol. The normalized spacial score (nSPS) is 8.62. The molecule has 5 nitrogen and oxygen atoms in total. The largest absolute Gasteiger partial charge is 0.507 e. The third-order valence-electron chi connectivity index (χ3n) is 1.35. The second kappa shape index (κ2) is 4.90. The van der Waals surface area contributed by atoms with Gasteiger partial charge in [-0.1, -0.05) is 0 Å². The van der Waals surface area contributed by atoms with Crippen LogP contribution >= 0.6 is 0 Å². The maximum absolute atomic E-state index is 10.2. The number of carbonyl (C=O) groups is 1. The molecule has 0 aliphatic carbocycles. The minimum atomic E-state index is -0.633. The summed E-state index contributed by atoms with van der Waals surface area (Å²) in [5.74, 6) is -0.254. The predicted octanol–water partition coefficient (Wildman–Crippen LogP) is 0.732. The van der Waals surface area contributed by atoms with E-state index in [-0.39, 0.29) is 44.3 Å². The van der Waals surface area contributed by atoms with Crippen molar-refractivity contribution in [3.63, 3.8) is 0 Å². The quantitative estimate of drug-likeness (QED) is 0.358. The molecule has 66 valence electrons. The zero-order valence-corrected chi connectivity index (χ0v) is 10.3. The molecule has 6 heteroatoms. The molecule has 1 aromatic rings. The van der Waals surface area contributed by atoms with Gasteiger partial charge in [0.25, 0.3) is 5.69 Å². The minimum Gasteiger partial charge on any atom is -0.507 e. The monoisotopic (exact) mass is 375 g/mol. The van der Waals surface area contributed by atoms with E-state index in [0.717, 1.165) is 18.2 Å². The minimum absolute atomic E-state index is 0. The Bertz CT molecular complexity index is 339. The number of benzene rings is 1. The second-order valence-corrected chi connectivity index (χ2v) is 2.12. The van der Waals surface area contributed by atoms with Crippen LogP contribution in [-0.2, 0) is 0 Å². The van der Waals surface area contributed by atoms with Crippen LogP contribution < -0.4 is 0 Å². The Hall–Kier alpha value is -0.988. The molecule has 0 unspecified atom stereocenters. The van der Waals surface area contributed by atoms with Crippen LogP contribution in [0.2, 0.25) is 0 Å². The van der Waals surface area contributed by atoms with Crippen molar-refractivity contribution in [2.24, 2.45) is 0 Å². The molecule has 0 saturated carbocycles. The maximum Gasteiger partial charge on any atom is 0.270 e. The second-order valence-electron chi connectivity index (χ2n) is 2.12. The standard InChI is InChI=1S/C7H5NO4.Pb/c9-4-5-3-6(8(11)12)1-2-7(5)10;/h1-4,10H;. The Kier molecular flexibility index (Phi) is 4.53. The summed E-state index contributed by atoms with van der Waals surface area (Å²) >= 11 is 0. The number of rotatable bonds is 2. The first-order valence-electron chi connectivity index (χ1n) is 3.07. The average molecular weight is 374 g/mol. The van der Waals surface area contributed by atoms with Crippen molar-refractivity contribution in [1.82, 2.24) is 0 Å². The molecule has 0 aliphatic rings. The smallest absolute Gasteiger partial charge is 0.270 e. The van der Waals surface area contributed by atoms with Crippen LogP contribution in [0.5, 0.6) is 5.75 Å². The van der Waals surface area contributed by atoms with Crippen molar-refractivity contribution in [1.29, 1.82) is 0 Å². The third kappa shape index (κ3) is 2.76. The van der Waals surface area contributed by atoms with Gasteiger partial charge in [-0.2, -0.15) is 0 Å². The molecule has 0 aliphatic heterocycles. The summed E-state index contributed by atoms with van der Waals surface area (Å²) in [5.41, 5.74) is -0.292. The molecule has 0 fully saturated rings. The van der Waals surface area contributed by atoms with Crippen LogP contribution in [0, 0.1) is 10.1 Å². The van der Waals surface area contributed by atoms with Crippen molar-refractivity contribution in [3.05, 3.63) is 33.9 Å². The van der Waals surface area contributed by atoms with E-state index in [2.05, 4.69) is 0 Å². The number of aldehydes is 1. The Morgan fingerprint density at radius 3 is 2.54 bits per heavy atom. The number of phenolic OH excluding ortho intramolecular Hbond substituents is 1. The van der Waals surface area contributed by atoms with Crippen LogP contribution in [0.25, 0.3) is 0 Å². The summed E-state index contributed by atoms with van der Waals surface area (Å²) in [4.78, 5) is 19.8. The number of carbonyl (C=O) groups excluding carboxylic acids is 1. The molecule has 0 amide bonds. The summed E-state index contributed by atoms with van der Waals surface area (Å²) in [6.45, 7) is 0. The third-order valence-corrected chi connectivity index (χ3v) is 1.35. The first-order chi connectivity index (χ1) is 5.65. The van der Waals surface area contributed by atoms with E-state index in [1.165, 1.54) is 0 Å². The van der Waals surface area contributed by atoms with Crippen LogP contribution in [0.15, 0.2) is 18.2 Å². The summed E-state index contributed by atoms with van der Waals surface area (Å²) < 4.78 is 0. The van der Waals surface area contributed by atoms with Crippen LogP contribution in [0.4, 0.5) is 5.69 Å². The summed E-state index contributed by atoms with van der Waals surface area (Å²) in [6, 6.07) is 3.26. The molecular weight excluding hydrogens is 369 g/mol. The molecule has 0 saturated heterocycles. The van der Waals surface area contributed by atoms with E-state index < -0.39 is 4.92 Å². The van der Waals surface area contributed by atoms with Gasteiger partial charge in [0.15, 0.2) is 6.29 Å². The van der Waals surface area contributed by atoms with E-state index >= 15 is 0 Å². The van der Waals surface area contributed by atoms with Gasteiger partial charge in [0.05, 0.1) is 10.5 Å². The molecule has 0 spiro atoms. The number of nitro groups is 1. The van der Waals surface area contributed by atoms with Crippen molar-refractivity contribution in [2.75, 3.05) is 0 Å². The maximum atomic E-state index is 10.2. The van der Waals surface area contributed by atoms with Crippen LogP contribution in [0.1, 0.15) is 10.4 Å². The molecule has 0 atom stereocenters. The summed E-state index contributed by atoms with van der Waals surface area (Å²) in [7, 11) is 0. The van der Waals surface area contributed by atoms with E-state index in [1.807, 2.05) is 0 Å². The molecule has 1 rings (SSSR count). The number of nitrogens with zero attached hydrogens (tertiary/aromatic N) is 1. The fourth-order valence-corrected chi connectivity index (χ4v) is 0.750. The van der Waals surface area contributed by atoms with Gasteiger partial charge in [0, 0.05) is 39.4 Å². The Morgan fingerprint density at radius 2 is 2.08 bits per heavy atom. The van der Waals surface area contributed by atoms with E-state index in [4.69, 9.17) is 5.11 Å². The number of phenols is 1. The molecular formula is C7H5NO4Pb. The van der Waals surface area contributed by atoms with Gasteiger partial charge in [-0.3, -0.25) is 14.9 Å². The van der Waals surface area contributed by atoms with Gasteiger partial charge in [-0.15, -0.1) is 0 Å². The van der Waals surface area contributed by atoms with Crippen LogP contribution in [0.3, 0.4) is 0 Å². The Balaban J connectivity index is 0.00000144. The van der Waals surface area contributed by atoms with Crippen molar-refractivity contribution in [2.45, 2.75) is 0 Å². The Morgan fingerprint density at radius 1 is 1.46 bits per heavy atom. The van der Waals surface area contributed by atoms with Crippen molar-refractivity contribution in [3.8, 4) is 5.75 Å². The van der Waals surface area contributed by atoms with Gasteiger partial charge in [0.2, 0.25) is 0 Å². The van der Waals surface area contributed by atoms with Crippen LogP contribution in [-0.4, -0.2) is 43.6 Å². The van der Waals surface area contributed by atoms with Gasteiger partial charge >= 0.3 is 0 Å². The number of hydrogen-bond acceptors (Lipinski definition) is 4. The van der Waals surface area contributed by atoms with Gasteiger partial charge in [-0.05, 0) is 6.07 Å². The molecule has 4 radical (unpaired) electrons. The van der Waals surface area contributed by atoms with Gasteiger partial charge < -0.3 is 5.11 Å². The molecule has 13 heavy (non-hydrogen) atoms. The first kappa shape index (κ1) is 12.0. The zero-order chi connectivity index (χ0) is 9.14. The number of non-ortho nitro benzene ring substituents is 1. The number of hydrogen-bond donors (Lipinski definition) is 1. The van der Waals surface area contributed by atoms with E-state index in [1.54, 1.807) is 0 Å². The summed E-state index contributed by atoms with van der Waals surface area (Å²) in [6.07, 6.45) is 0.363.